The summed E-state index contributed by atoms with van der Waals surface area (Å²) in [6.07, 6.45) is 4.46. The van der Waals surface area contributed by atoms with E-state index in [-0.39, 0.29) is 11.6 Å². The summed E-state index contributed by atoms with van der Waals surface area (Å²) in [4.78, 5) is 22.3. The number of benzene rings is 1. The van der Waals surface area contributed by atoms with E-state index in [1.807, 2.05) is 28.9 Å². The van der Waals surface area contributed by atoms with Crippen LogP contribution in [0.15, 0.2) is 29.1 Å². The van der Waals surface area contributed by atoms with Gasteiger partial charge in [0.1, 0.15) is 11.6 Å². The number of hydrogen-bond donors (Lipinski definition) is 1. The summed E-state index contributed by atoms with van der Waals surface area (Å²) in [6.45, 7) is 1.86. The summed E-state index contributed by atoms with van der Waals surface area (Å²) >= 11 is 6.02. The maximum Gasteiger partial charge on any atom is 0.281 e. The molecule has 0 atom stereocenters. The van der Waals surface area contributed by atoms with Crippen LogP contribution in [-0.4, -0.2) is 49.4 Å². The second-order valence-electron chi connectivity index (χ2n) is 7.40. The molecule has 0 saturated heterocycles. The second kappa shape index (κ2) is 8.92. The van der Waals surface area contributed by atoms with Gasteiger partial charge in [-0.05, 0) is 30.5 Å². The molecular formula is C20H25ClN6O2. The second-order valence-corrected chi connectivity index (χ2v) is 7.78. The number of halogens is 1. The van der Waals surface area contributed by atoms with E-state index in [2.05, 4.69) is 20.2 Å². The smallest absolute Gasteiger partial charge is 0.281 e. The molecule has 9 heteroatoms. The molecule has 8 nitrogen and oxygen atoms in total. The van der Waals surface area contributed by atoms with Gasteiger partial charge in [-0.2, -0.15) is 0 Å². The first-order valence-corrected chi connectivity index (χ1v) is 10.5. The van der Waals surface area contributed by atoms with Crippen molar-refractivity contribution in [3.63, 3.8) is 0 Å². The molecule has 3 aromatic rings. The van der Waals surface area contributed by atoms with Gasteiger partial charge in [0.05, 0.1) is 19.7 Å². The van der Waals surface area contributed by atoms with Gasteiger partial charge in [-0.3, -0.25) is 9.69 Å². The van der Waals surface area contributed by atoms with E-state index in [4.69, 9.17) is 21.3 Å². The fourth-order valence-corrected chi connectivity index (χ4v) is 4.13. The van der Waals surface area contributed by atoms with Crippen LogP contribution in [0.25, 0.3) is 11.2 Å². The van der Waals surface area contributed by atoms with Gasteiger partial charge < -0.3 is 9.72 Å². The van der Waals surface area contributed by atoms with E-state index < -0.39 is 0 Å². The Morgan fingerprint density at radius 2 is 2.00 bits per heavy atom. The maximum atomic E-state index is 12.5. The first kappa shape index (κ1) is 19.8. The summed E-state index contributed by atoms with van der Waals surface area (Å²) in [7, 11) is 1.65. The van der Waals surface area contributed by atoms with Crippen molar-refractivity contribution in [2.45, 2.75) is 44.8 Å². The maximum absolute atomic E-state index is 12.5. The minimum Gasteiger partial charge on any atom is -0.497 e. The quantitative estimate of drug-likeness (QED) is 0.568. The highest BCUT2D eigenvalue weighted by molar-refractivity contribution is 6.18. The number of alkyl halides is 1. The van der Waals surface area contributed by atoms with Gasteiger partial charge in [0.15, 0.2) is 11.2 Å². The molecule has 2 aromatic heterocycles. The molecule has 0 amide bonds. The molecule has 1 aromatic carbocycles. The molecule has 2 heterocycles. The Labute approximate surface area is 173 Å². The van der Waals surface area contributed by atoms with Gasteiger partial charge in [0, 0.05) is 19.0 Å². The molecule has 29 heavy (non-hydrogen) atoms. The fourth-order valence-electron chi connectivity index (χ4n) is 3.89. The SMILES string of the molecule is COc1ccc(CN(CCCl)Cc2nc3c(nnn3C3CCCC3)c(=O)[nH]2)cc1. The van der Waals surface area contributed by atoms with E-state index in [9.17, 15) is 4.79 Å². The molecule has 154 valence electrons. The molecule has 0 aliphatic heterocycles. The predicted molar refractivity (Wildman–Crippen MR) is 111 cm³/mol. The Kier molecular flexibility index (Phi) is 6.10. The zero-order valence-electron chi connectivity index (χ0n) is 16.5. The average Bonchev–Trinajstić information content (AvgIpc) is 3.38. The van der Waals surface area contributed by atoms with Crippen LogP contribution in [0.1, 0.15) is 43.1 Å². The minimum atomic E-state index is -0.246. The average molecular weight is 417 g/mol. The molecule has 0 unspecified atom stereocenters. The summed E-state index contributed by atoms with van der Waals surface area (Å²) in [5.41, 5.74) is 1.77. The van der Waals surface area contributed by atoms with E-state index in [1.165, 1.54) is 12.8 Å². The van der Waals surface area contributed by atoms with Crippen molar-refractivity contribution in [3.05, 3.63) is 46.0 Å². The van der Waals surface area contributed by atoms with Crippen LogP contribution in [0.5, 0.6) is 5.75 Å². The van der Waals surface area contributed by atoms with Crippen molar-refractivity contribution in [1.82, 2.24) is 29.9 Å². The highest BCUT2D eigenvalue weighted by Gasteiger charge is 2.22. The minimum absolute atomic E-state index is 0.246. The largest absolute Gasteiger partial charge is 0.497 e. The van der Waals surface area contributed by atoms with Crippen molar-refractivity contribution in [1.29, 1.82) is 0 Å². The lowest BCUT2D eigenvalue weighted by Gasteiger charge is -2.21. The molecule has 1 fully saturated rings. The van der Waals surface area contributed by atoms with Crippen molar-refractivity contribution in [3.8, 4) is 5.75 Å². The monoisotopic (exact) mass is 416 g/mol. The lowest BCUT2D eigenvalue weighted by atomic mass is 10.2. The topological polar surface area (TPSA) is 88.9 Å². The number of H-pyrrole nitrogens is 1. The number of nitrogens with zero attached hydrogens (tertiary/aromatic N) is 5. The fraction of sp³-hybridized carbons (Fsp3) is 0.500. The highest BCUT2D eigenvalue weighted by Crippen LogP contribution is 2.30. The van der Waals surface area contributed by atoms with Crippen LogP contribution >= 0.6 is 11.6 Å². The third-order valence-electron chi connectivity index (χ3n) is 5.39. The zero-order chi connectivity index (χ0) is 20.2. The number of hydrogen-bond acceptors (Lipinski definition) is 6. The van der Waals surface area contributed by atoms with E-state index in [0.717, 1.165) is 24.2 Å². The summed E-state index contributed by atoms with van der Waals surface area (Å²) < 4.78 is 7.05. The van der Waals surface area contributed by atoms with Crippen LogP contribution in [0.3, 0.4) is 0 Å². The number of fused-ring (bicyclic) bond motifs is 1. The number of rotatable bonds is 8. The Morgan fingerprint density at radius 1 is 1.24 bits per heavy atom. The number of nitrogens with one attached hydrogen (secondary N) is 1. The third-order valence-corrected chi connectivity index (χ3v) is 5.56. The lowest BCUT2D eigenvalue weighted by Crippen LogP contribution is -2.27. The first-order chi connectivity index (χ1) is 14.2. The van der Waals surface area contributed by atoms with E-state index in [0.29, 0.717) is 42.5 Å². The Hall–Kier alpha value is -2.45. The molecule has 1 saturated carbocycles. The van der Waals surface area contributed by atoms with Gasteiger partial charge in [0.2, 0.25) is 0 Å². The summed E-state index contributed by atoms with van der Waals surface area (Å²) in [6, 6.07) is 8.20. The third kappa shape index (κ3) is 4.43. The van der Waals surface area contributed by atoms with Crippen LogP contribution < -0.4 is 10.3 Å². The lowest BCUT2D eigenvalue weighted by molar-refractivity contribution is 0.266. The van der Waals surface area contributed by atoms with Crippen LogP contribution in [-0.2, 0) is 13.1 Å². The normalized spacial score (nSPS) is 14.9. The molecule has 4 rings (SSSR count). The standard InChI is InChI=1S/C20H25ClN6O2/c1-29-16-8-6-14(7-9-16)12-26(11-10-21)13-17-22-19-18(20(28)23-17)24-25-27(19)15-4-2-3-5-15/h6-9,15H,2-5,10-13H2,1H3,(H,22,23,28). The first-order valence-electron chi connectivity index (χ1n) is 9.93. The van der Waals surface area contributed by atoms with Gasteiger partial charge in [-0.1, -0.05) is 30.2 Å². The van der Waals surface area contributed by atoms with Gasteiger partial charge in [0.25, 0.3) is 5.56 Å². The number of aromatic amines is 1. The molecule has 0 bridgehead atoms. The van der Waals surface area contributed by atoms with Gasteiger partial charge >= 0.3 is 0 Å². The van der Waals surface area contributed by atoms with Crippen molar-refractivity contribution < 1.29 is 4.74 Å². The Bertz CT molecular complexity index is 1010. The van der Waals surface area contributed by atoms with Crippen LogP contribution in [0.4, 0.5) is 0 Å². The van der Waals surface area contributed by atoms with Crippen LogP contribution in [0.2, 0.25) is 0 Å². The predicted octanol–water partition coefficient (Wildman–Crippen LogP) is 2.88. The molecule has 1 aliphatic rings. The Morgan fingerprint density at radius 3 is 2.69 bits per heavy atom. The molecule has 1 N–H and O–H groups in total. The molecule has 0 radical (unpaired) electrons. The van der Waals surface area contributed by atoms with Gasteiger partial charge in [-0.15, -0.1) is 16.7 Å². The molecule has 0 spiro atoms. The zero-order valence-corrected chi connectivity index (χ0v) is 17.2. The number of ether oxygens (including phenoxy) is 1. The number of aromatic nitrogens is 5. The summed E-state index contributed by atoms with van der Waals surface area (Å²) in [5, 5.41) is 8.28. The van der Waals surface area contributed by atoms with Crippen molar-refractivity contribution in [2.24, 2.45) is 0 Å². The highest BCUT2D eigenvalue weighted by atomic mass is 35.5. The Balaban J connectivity index is 1.58. The van der Waals surface area contributed by atoms with E-state index in [1.54, 1.807) is 7.11 Å². The summed E-state index contributed by atoms with van der Waals surface area (Å²) in [5.74, 6) is 1.91. The molecule has 1 aliphatic carbocycles. The van der Waals surface area contributed by atoms with E-state index >= 15 is 0 Å². The van der Waals surface area contributed by atoms with Crippen molar-refractivity contribution >= 4 is 22.8 Å². The number of methoxy groups -OCH3 is 1. The van der Waals surface area contributed by atoms with Gasteiger partial charge in [-0.25, -0.2) is 9.67 Å². The van der Waals surface area contributed by atoms with Crippen LogP contribution in [0, 0.1) is 0 Å². The molecular weight excluding hydrogens is 392 g/mol. The van der Waals surface area contributed by atoms with Crippen molar-refractivity contribution in [2.75, 3.05) is 19.5 Å².